The maximum Gasteiger partial charge on any atom is 0.185 e. The monoisotopic (exact) mass is 274 g/mol. The molecule has 2 nitrogen and oxygen atoms in total. The highest BCUT2D eigenvalue weighted by Crippen LogP contribution is 2.31. The van der Waals surface area contributed by atoms with Crippen molar-refractivity contribution >= 4 is 31.1 Å². The number of anilines is 1. The Morgan fingerprint density at radius 1 is 1.33 bits per heavy atom. The lowest BCUT2D eigenvalue weighted by Crippen LogP contribution is -2.18. The van der Waals surface area contributed by atoms with E-state index < -0.39 is 0 Å². The molecule has 2 heterocycles. The van der Waals surface area contributed by atoms with E-state index in [9.17, 15) is 0 Å². The molecule has 0 N–H and O–H groups in total. The van der Waals surface area contributed by atoms with Gasteiger partial charge in [0, 0.05) is 24.4 Å². The minimum atomic E-state index is 0.644. The molecule has 92 valence electrons. The summed E-state index contributed by atoms with van der Waals surface area (Å²) in [6.07, 6.45) is 1.22. The van der Waals surface area contributed by atoms with Gasteiger partial charge in [0.05, 0.1) is 5.69 Å². The zero-order valence-electron chi connectivity index (χ0n) is 10.0. The van der Waals surface area contributed by atoms with Crippen molar-refractivity contribution < 1.29 is 0 Å². The molecule has 1 aromatic carbocycles. The highest BCUT2D eigenvalue weighted by atomic mass is 32.1. The summed E-state index contributed by atoms with van der Waals surface area (Å²) in [7, 11) is 3.38. The topological polar surface area (TPSA) is 16.1 Å². The van der Waals surface area contributed by atoms with Gasteiger partial charge < -0.3 is 4.90 Å². The van der Waals surface area contributed by atoms with E-state index in [2.05, 4.69) is 54.5 Å². The second-order valence-electron chi connectivity index (χ2n) is 4.54. The van der Waals surface area contributed by atoms with E-state index >= 15 is 0 Å². The van der Waals surface area contributed by atoms with Gasteiger partial charge in [0.25, 0.3) is 0 Å². The summed E-state index contributed by atoms with van der Waals surface area (Å²) in [4.78, 5) is 6.97. The molecule has 1 aliphatic rings. The highest BCUT2D eigenvalue weighted by Gasteiger charge is 2.25. The van der Waals surface area contributed by atoms with Crippen molar-refractivity contribution in [2.75, 3.05) is 18.0 Å². The van der Waals surface area contributed by atoms with E-state index in [4.69, 9.17) is 0 Å². The number of nitrogens with zero attached hydrogens (tertiary/aromatic N) is 2. The van der Waals surface area contributed by atoms with Crippen LogP contribution in [0.4, 0.5) is 5.13 Å². The van der Waals surface area contributed by atoms with E-state index in [1.54, 1.807) is 11.3 Å². The van der Waals surface area contributed by atoms with Crippen molar-refractivity contribution in [3.8, 4) is 0 Å². The van der Waals surface area contributed by atoms with Crippen LogP contribution >= 0.6 is 20.2 Å². The largest absolute Gasteiger partial charge is 0.347 e. The normalized spacial score (nSPS) is 19.1. The van der Waals surface area contributed by atoms with Crippen LogP contribution in [0, 0.1) is 0 Å². The average Bonchev–Trinajstić information content (AvgIpc) is 3.08. The second kappa shape index (κ2) is 5.21. The van der Waals surface area contributed by atoms with Gasteiger partial charge in [0.1, 0.15) is 0 Å². The fourth-order valence-corrected chi connectivity index (χ4v) is 3.51. The number of thiazole rings is 1. The lowest BCUT2D eigenvalue weighted by molar-refractivity contribution is 0.775. The Labute approximate surface area is 114 Å². The van der Waals surface area contributed by atoms with Gasteiger partial charge in [-0.05, 0) is 17.8 Å². The first-order chi connectivity index (χ1) is 8.86. The van der Waals surface area contributed by atoms with Crippen molar-refractivity contribution in [2.24, 2.45) is 0 Å². The van der Waals surface area contributed by atoms with Crippen LogP contribution < -0.4 is 4.90 Å². The standard InChI is InChI=1S/C14H15N2PS/c17-9-13-10-18-14(15-13)16-7-6-12(8-16)11-4-2-1-3-5-11/h1-5,9-10,12,17H,6-8H2. The SMILES string of the molecule is P=Cc1csc(N2CCC(c3ccccc3)C2)n1. The van der Waals surface area contributed by atoms with Crippen LogP contribution in [-0.2, 0) is 0 Å². The fraction of sp³-hybridized carbons (Fsp3) is 0.286. The van der Waals surface area contributed by atoms with Crippen molar-refractivity contribution in [2.45, 2.75) is 12.3 Å². The molecule has 1 saturated heterocycles. The van der Waals surface area contributed by atoms with Gasteiger partial charge >= 0.3 is 0 Å². The van der Waals surface area contributed by atoms with E-state index in [0.717, 1.165) is 23.9 Å². The first-order valence-corrected chi connectivity index (χ1v) is 7.58. The first-order valence-electron chi connectivity index (χ1n) is 6.12. The van der Waals surface area contributed by atoms with E-state index in [1.807, 2.05) is 5.80 Å². The van der Waals surface area contributed by atoms with Gasteiger partial charge in [0.2, 0.25) is 0 Å². The molecule has 1 fully saturated rings. The molecule has 0 radical (unpaired) electrons. The smallest absolute Gasteiger partial charge is 0.185 e. The zero-order chi connectivity index (χ0) is 12.4. The Morgan fingerprint density at radius 2 is 2.17 bits per heavy atom. The van der Waals surface area contributed by atoms with Gasteiger partial charge in [-0.15, -0.1) is 20.2 Å². The maximum atomic E-state index is 4.58. The van der Waals surface area contributed by atoms with Crippen molar-refractivity contribution in [1.82, 2.24) is 4.98 Å². The fourth-order valence-electron chi connectivity index (χ4n) is 2.42. The maximum absolute atomic E-state index is 4.58. The Kier molecular flexibility index (Phi) is 3.44. The van der Waals surface area contributed by atoms with Crippen LogP contribution in [0.5, 0.6) is 0 Å². The van der Waals surface area contributed by atoms with Crippen LogP contribution in [0.2, 0.25) is 0 Å². The Morgan fingerprint density at radius 3 is 2.89 bits per heavy atom. The number of hydrogen-bond acceptors (Lipinski definition) is 3. The van der Waals surface area contributed by atoms with Crippen LogP contribution in [0.15, 0.2) is 35.7 Å². The molecule has 1 atom stereocenters. The molecule has 3 rings (SSSR count). The molecule has 2 aromatic rings. The third kappa shape index (κ3) is 2.33. The minimum Gasteiger partial charge on any atom is -0.347 e. The van der Waals surface area contributed by atoms with Crippen LogP contribution in [0.3, 0.4) is 0 Å². The molecule has 1 unspecified atom stereocenters. The van der Waals surface area contributed by atoms with Crippen LogP contribution in [0.1, 0.15) is 23.6 Å². The molecule has 0 aliphatic carbocycles. The third-order valence-electron chi connectivity index (χ3n) is 3.39. The number of benzene rings is 1. The summed E-state index contributed by atoms with van der Waals surface area (Å²) in [6, 6.07) is 10.8. The van der Waals surface area contributed by atoms with E-state index in [1.165, 1.54) is 12.0 Å². The Bertz CT molecular complexity index is 538. The van der Waals surface area contributed by atoms with Gasteiger partial charge in [0.15, 0.2) is 5.13 Å². The summed E-state index contributed by atoms with van der Waals surface area (Å²) >= 11 is 1.72. The summed E-state index contributed by atoms with van der Waals surface area (Å²) < 4.78 is 0. The summed E-state index contributed by atoms with van der Waals surface area (Å²) in [6.45, 7) is 2.19. The molecule has 0 spiro atoms. The minimum absolute atomic E-state index is 0.644. The molecule has 4 heteroatoms. The third-order valence-corrected chi connectivity index (χ3v) is 4.60. The zero-order valence-corrected chi connectivity index (χ0v) is 11.9. The van der Waals surface area contributed by atoms with Crippen molar-refractivity contribution in [3.05, 3.63) is 47.0 Å². The van der Waals surface area contributed by atoms with Crippen molar-refractivity contribution in [3.63, 3.8) is 0 Å². The van der Waals surface area contributed by atoms with Gasteiger partial charge in [-0.3, -0.25) is 0 Å². The first kappa shape index (κ1) is 11.9. The summed E-state index contributed by atoms with van der Waals surface area (Å²) in [5.74, 6) is 2.51. The lowest BCUT2D eigenvalue weighted by atomic mass is 9.99. The summed E-state index contributed by atoms with van der Waals surface area (Å²) in [5, 5.41) is 3.22. The Balaban J connectivity index is 1.73. The predicted molar refractivity (Wildman–Crippen MR) is 81.6 cm³/mol. The highest BCUT2D eigenvalue weighted by molar-refractivity contribution is 7.19. The molecule has 18 heavy (non-hydrogen) atoms. The quantitative estimate of drug-likeness (QED) is 0.797. The number of hydrogen-bond donors (Lipinski definition) is 0. The molecule has 1 aromatic heterocycles. The second-order valence-corrected chi connectivity index (χ2v) is 5.67. The predicted octanol–water partition coefficient (Wildman–Crippen LogP) is 3.43. The summed E-state index contributed by atoms with van der Waals surface area (Å²) in [5.41, 5.74) is 2.46. The Hall–Kier alpha value is -1.18. The van der Waals surface area contributed by atoms with Crippen LogP contribution in [0.25, 0.3) is 0 Å². The molecular formula is C14H15N2PS. The van der Waals surface area contributed by atoms with Gasteiger partial charge in [-0.2, -0.15) is 0 Å². The molecule has 0 saturated carbocycles. The average molecular weight is 274 g/mol. The lowest BCUT2D eigenvalue weighted by Gasteiger charge is -2.15. The molecule has 0 amide bonds. The van der Waals surface area contributed by atoms with Crippen molar-refractivity contribution in [1.29, 1.82) is 0 Å². The van der Waals surface area contributed by atoms with Crippen LogP contribution in [-0.4, -0.2) is 23.9 Å². The van der Waals surface area contributed by atoms with Gasteiger partial charge in [-0.1, -0.05) is 30.3 Å². The number of aromatic nitrogens is 1. The molecule has 0 bridgehead atoms. The van der Waals surface area contributed by atoms with E-state index in [0.29, 0.717) is 5.92 Å². The molecule has 1 aliphatic heterocycles. The van der Waals surface area contributed by atoms with Gasteiger partial charge in [-0.25, -0.2) is 4.98 Å². The number of rotatable bonds is 3. The molecular weight excluding hydrogens is 259 g/mol. The van der Waals surface area contributed by atoms with E-state index in [-0.39, 0.29) is 0 Å².